The minimum Gasteiger partial charge on any atom is -0.481 e. The minimum atomic E-state index is -0.990. The molecule has 1 aliphatic heterocycles. The lowest BCUT2D eigenvalue weighted by Crippen LogP contribution is -2.42. The minimum absolute atomic E-state index is 0.0130. The molecule has 2 rings (SSSR count). The van der Waals surface area contributed by atoms with Crippen molar-refractivity contribution in [2.45, 2.75) is 19.4 Å². The number of carbonyl (C=O) groups is 3. The third-order valence-corrected chi connectivity index (χ3v) is 3.10. The van der Waals surface area contributed by atoms with Crippen LogP contribution >= 0.6 is 0 Å². The van der Waals surface area contributed by atoms with Crippen LogP contribution in [0.3, 0.4) is 0 Å². The first kappa shape index (κ1) is 14.8. The van der Waals surface area contributed by atoms with Crippen LogP contribution in [0.5, 0.6) is 5.75 Å². The van der Waals surface area contributed by atoms with Crippen molar-refractivity contribution in [3.05, 3.63) is 24.3 Å². The van der Waals surface area contributed by atoms with Crippen molar-refractivity contribution in [1.82, 2.24) is 5.32 Å². The molecular weight excluding hydrogens is 276 g/mol. The molecule has 0 spiro atoms. The van der Waals surface area contributed by atoms with Crippen LogP contribution in [-0.2, 0) is 14.4 Å². The van der Waals surface area contributed by atoms with Crippen LogP contribution in [0.15, 0.2) is 24.3 Å². The number of carboxylic acids is 1. The van der Waals surface area contributed by atoms with Gasteiger partial charge in [0.25, 0.3) is 5.91 Å². The highest BCUT2D eigenvalue weighted by Gasteiger charge is 2.29. The number of para-hydroxylation sites is 2. The number of nitrogens with one attached hydrogen (secondary N) is 2. The van der Waals surface area contributed by atoms with Gasteiger partial charge in [-0.05, 0) is 12.1 Å². The first-order valence-electron chi connectivity index (χ1n) is 6.53. The van der Waals surface area contributed by atoms with Crippen LogP contribution in [0.4, 0.5) is 5.69 Å². The molecule has 112 valence electrons. The molecule has 0 radical (unpaired) electrons. The van der Waals surface area contributed by atoms with Crippen LogP contribution < -0.4 is 15.4 Å². The number of amides is 2. The quantitative estimate of drug-likeness (QED) is 0.737. The van der Waals surface area contributed by atoms with Crippen LogP contribution in [0.2, 0.25) is 0 Å². The molecule has 0 fully saturated rings. The van der Waals surface area contributed by atoms with Crippen LogP contribution in [0, 0.1) is 5.92 Å². The summed E-state index contributed by atoms with van der Waals surface area (Å²) in [6.45, 7) is 1.50. The van der Waals surface area contributed by atoms with E-state index in [1.165, 1.54) is 6.92 Å². The second-order valence-corrected chi connectivity index (χ2v) is 4.84. The lowest BCUT2D eigenvalue weighted by atomic mass is 10.1. The van der Waals surface area contributed by atoms with Crippen molar-refractivity contribution in [2.24, 2.45) is 5.92 Å². The largest absolute Gasteiger partial charge is 0.481 e. The summed E-state index contributed by atoms with van der Waals surface area (Å²) in [6.07, 6.45) is -1.08. The van der Waals surface area contributed by atoms with Crippen LogP contribution in [-0.4, -0.2) is 35.5 Å². The van der Waals surface area contributed by atoms with E-state index in [9.17, 15) is 14.4 Å². The molecule has 0 saturated heterocycles. The Balaban J connectivity index is 1.90. The molecule has 0 aliphatic carbocycles. The first-order valence-corrected chi connectivity index (χ1v) is 6.53. The van der Waals surface area contributed by atoms with Gasteiger partial charge in [-0.25, -0.2) is 0 Å². The van der Waals surface area contributed by atoms with E-state index in [0.29, 0.717) is 11.4 Å². The van der Waals surface area contributed by atoms with Gasteiger partial charge >= 0.3 is 5.97 Å². The predicted octanol–water partition coefficient (Wildman–Crippen LogP) is 0.613. The van der Waals surface area contributed by atoms with Gasteiger partial charge in [0, 0.05) is 6.54 Å². The average Bonchev–Trinajstić information content (AvgIpc) is 2.45. The molecule has 1 aliphatic rings. The Morgan fingerprint density at radius 1 is 1.43 bits per heavy atom. The highest BCUT2D eigenvalue weighted by molar-refractivity contribution is 5.99. The van der Waals surface area contributed by atoms with Crippen molar-refractivity contribution in [3.8, 4) is 5.75 Å². The number of carboxylic acid groups (broad SMARTS) is 1. The Kier molecular flexibility index (Phi) is 4.42. The van der Waals surface area contributed by atoms with Gasteiger partial charge in [-0.1, -0.05) is 19.1 Å². The molecule has 21 heavy (non-hydrogen) atoms. The summed E-state index contributed by atoms with van der Waals surface area (Å²) >= 11 is 0. The molecular formula is C14H16N2O5. The molecule has 3 N–H and O–H groups in total. The number of fused-ring (bicyclic) bond motifs is 1. The second-order valence-electron chi connectivity index (χ2n) is 4.84. The zero-order chi connectivity index (χ0) is 15.4. The van der Waals surface area contributed by atoms with Crippen molar-refractivity contribution in [2.75, 3.05) is 11.9 Å². The monoisotopic (exact) mass is 292 g/mol. The zero-order valence-electron chi connectivity index (χ0n) is 11.5. The fourth-order valence-corrected chi connectivity index (χ4v) is 1.82. The van der Waals surface area contributed by atoms with E-state index in [2.05, 4.69) is 10.6 Å². The van der Waals surface area contributed by atoms with Crippen LogP contribution in [0.1, 0.15) is 13.3 Å². The van der Waals surface area contributed by atoms with Crippen molar-refractivity contribution >= 4 is 23.5 Å². The van der Waals surface area contributed by atoms with Crippen molar-refractivity contribution in [1.29, 1.82) is 0 Å². The topological polar surface area (TPSA) is 105 Å². The Morgan fingerprint density at radius 3 is 2.86 bits per heavy atom. The lowest BCUT2D eigenvalue weighted by Gasteiger charge is -2.25. The Bertz CT molecular complexity index is 572. The number of benzene rings is 1. The highest BCUT2D eigenvalue weighted by atomic mass is 16.5. The maximum atomic E-state index is 11.8. The van der Waals surface area contributed by atoms with E-state index in [1.807, 2.05) is 0 Å². The number of rotatable bonds is 5. The normalized spacial score (nSPS) is 18.0. The average molecular weight is 292 g/mol. The van der Waals surface area contributed by atoms with E-state index in [4.69, 9.17) is 9.84 Å². The van der Waals surface area contributed by atoms with Gasteiger partial charge in [0.1, 0.15) is 5.75 Å². The summed E-state index contributed by atoms with van der Waals surface area (Å²) in [7, 11) is 0. The molecule has 7 nitrogen and oxygen atoms in total. The SMILES string of the molecule is CC(CNC(=O)CC1Oc2ccccc2NC1=O)C(=O)O. The van der Waals surface area contributed by atoms with Gasteiger partial charge < -0.3 is 20.5 Å². The van der Waals surface area contributed by atoms with E-state index >= 15 is 0 Å². The number of hydrogen-bond donors (Lipinski definition) is 3. The van der Waals surface area contributed by atoms with Crippen LogP contribution in [0.25, 0.3) is 0 Å². The molecule has 1 aromatic rings. The number of hydrogen-bond acceptors (Lipinski definition) is 4. The number of ether oxygens (including phenoxy) is 1. The number of aliphatic carboxylic acids is 1. The molecule has 2 unspecified atom stereocenters. The van der Waals surface area contributed by atoms with Gasteiger partial charge in [-0.15, -0.1) is 0 Å². The highest BCUT2D eigenvalue weighted by Crippen LogP contribution is 2.29. The number of anilines is 1. The second kappa shape index (κ2) is 6.25. The molecule has 7 heteroatoms. The van der Waals surface area contributed by atoms with Gasteiger partial charge in [-0.2, -0.15) is 0 Å². The van der Waals surface area contributed by atoms with Gasteiger partial charge in [-0.3, -0.25) is 14.4 Å². The van der Waals surface area contributed by atoms with Gasteiger partial charge in [0.15, 0.2) is 6.10 Å². The molecule has 2 atom stereocenters. The predicted molar refractivity (Wildman–Crippen MR) is 73.9 cm³/mol. The van der Waals surface area contributed by atoms with E-state index in [1.54, 1.807) is 24.3 Å². The van der Waals surface area contributed by atoms with Crippen molar-refractivity contribution < 1.29 is 24.2 Å². The van der Waals surface area contributed by atoms with Crippen molar-refractivity contribution in [3.63, 3.8) is 0 Å². The molecule has 0 aromatic heterocycles. The smallest absolute Gasteiger partial charge is 0.308 e. The van der Waals surface area contributed by atoms with E-state index in [0.717, 1.165) is 0 Å². The summed E-state index contributed by atoms with van der Waals surface area (Å²) in [5, 5.41) is 13.9. The van der Waals surface area contributed by atoms with Gasteiger partial charge in [0.2, 0.25) is 5.91 Å². The Hall–Kier alpha value is -2.57. The lowest BCUT2D eigenvalue weighted by molar-refractivity contribution is -0.141. The molecule has 1 heterocycles. The molecule has 0 saturated carbocycles. The summed E-state index contributed by atoms with van der Waals surface area (Å²) in [4.78, 5) is 34.2. The summed E-state index contributed by atoms with van der Waals surface area (Å²) < 4.78 is 5.48. The molecule has 1 aromatic carbocycles. The fraction of sp³-hybridized carbons (Fsp3) is 0.357. The standard InChI is InChI=1S/C14H16N2O5/c1-8(14(19)20)7-15-12(17)6-11-13(18)16-9-4-2-3-5-10(9)21-11/h2-5,8,11H,6-7H2,1H3,(H,15,17)(H,16,18)(H,19,20). The van der Waals surface area contributed by atoms with E-state index < -0.39 is 29.8 Å². The molecule has 0 bridgehead atoms. The summed E-state index contributed by atoms with van der Waals surface area (Å²) in [5.74, 6) is -1.99. The third-order valence-electron chi connectivity index (χ3n) is 3.10. The van der Waals surface area contributed by atoms with Gasteiger partial charge in [0.05, 0.1) is 18.0 Å². The summed E-state index contributed by atoms with van der Waals surface area (Å²) in [5.41, 5.74) is 0.568. The number of carbonyl (C=O) groups excluding carboxylic acids is 2. The summed E-state index contributed by atoms with van der Waals surface area (Å²) in [6, 6.07) is 6.94. The Labute approximate surface area is 121 Å². The maximum Gasteiger partial charge on any atom is 0.308 e. The zero-order valence-corrected chi connectivity index (χ0v) is 11.5. The molecule has 2 amide bonds. The third kappa shape index (κ3) is 3.71. The van der Waals surface area contributed by atoms with E-state index in [-0.39, 0.29) is 13.0 Å². The Morgan fingerprint density at radius 2 is 2.14 bits per heavy atom. The fourth-order valence-electron chi connectivity index (χ4n) is 1.82. The first-order chi connectivity index (χ1) is 9.97. The maximum absolute atomic E-state index is 11.8.